The Hall–Kier alpha value is -2.51. The molecule has 0 amide bonds. The number of piperidine rings is 1. The number of fused-ring (bicyclic) bond motifs is 1. The lowest BCUT2D eigenvalue weighted by Gasteiger charge is -2.37. The van der Waals surface area contributed by atoms with Crippen LogP contribution in [0, 0.1) is 5.92 Å². The van der Waals surface area contributed by atoms with Crippen LogP contribution in [0.2, 0.25) is 0 Å². The lowest BCUT2D eigenvalue weighted by molar-refractivity contribution is 0.0296. The third-order valence-corrected chi connectivity index (χ3v) is 5.77. The first kappa shape index (κ1) is 17.6. The van der Waals surface area contributed by atoms with E-state index in [0.29, 0.717) is 11.7 Å². The van der Waals surface area contributed by atoms with Crippen LogP contribution in [0.5, 0.6) is 0 Å². The second kappa shape index (κ2) is 7.85. The van der Waals surface area contributed by atoms with Crippen LogP contribution in [-0.4, -0.2) is 70.4 Å². The van der Waals surface area contributed by atoms with Gasteiger partial charge in [-0.2, -0.15) is 14.6 Å². The summed E-state index contributed by atoms with van der Waals surface area (Å²) in [5.74, 6) is 2.42. The molecule has 0 aliphatic carbocycles. The molecular weight excluding hydrogens is 352 g/mol. The van der Waals surface area contributed by atoms with Gasteiger partial charge >= 0.3 is 0 Å². The molecule has 146 valence electrons. The number of ether oxygens (including phenoxy) is 1. The normalized spacial score (nSPS) is 21.3. The van der Waals surface area contributed by atoms with E-state index in [0.717, 1.165) is 63.0 Å². The Kier molecular flexibility index (Phi) is 4.93. The van der Waals surface area contributed by atoms with Crippen LogP contribution in [0.15, 0.2) is 42.7 Å². The first-order valence-corrected chi connectivity index (χ1v) is 10.2. The fourth-order valence-electron chi connectivity index (χ4n) is 4.35. The van der Waals surface area contributed by atoms with Gasteiger partial charge in [0.1, 0.15) is 12.1 Å². The summed E-state index contributed by atoms with van der Waals surface area (Å²) in [7, 11) is 0. The van der Waals surface area contributed by atoms with Crippen LogP contribution < -0.4 is 4.90 Å². The van der Waals surface area contributed by atoms with Gasteiger partial charge in [-0.15, -0.1) is 0 Å². The van der Waals surface area contributed by atoms with E-state index in [1.54, 1.807) is 6.33 Å². The average Bonchev–Trinajstić information content (AvgIpc) is 3.23. The minimum atomic E-state index is 0.659. The highest BCUT2D eigenvalue weighted by Gasteiger charge is 2.25. The molecule has 2 aliphatic heterocycles. The smallest absolute Gasteiger partial charge is 0.254 e. The summed E-state index contributed by atoms with van der Waals surface area (Å²) in [5.41, 5.74) is 2.06. The zero-order valence-electron chi connectivity index (χ0n) is 16.1. The van der Waals surface area contributed by atoms with Gasteiger partial charge in [0.05, 0.1) is 18.9 Å². The monoisotopic (exact) mass is 378 g/mol. The highest BCUT2D eigenvalue weighted by atomic mass is 16.5. The summed E-state index contributed by atoms with van der Waals surface area (Å²) >= 11 is 0. The predicted molar refractivity (Wildman–Crippen MR) is 108 cm³/mol. The maximum Gasteiger partial charge on any atom is 0.254 e. The van der Waals surface area contributed by atoms with Crippen molar-refractivity contribution in [3.05, 3.63) is 42.7 Å². The molecule has 2 saturated heterocycles. The Morgan fingerprint density at radius 2 is 1.93 bits per heavy atom. The molecule has 2 aromatic heterocycles. The molecule has 1 aromatic carbocycles. The molecule has 0 N–H and O–H groups in total. The van der Waals surface area contributed by atoms with E-state index < -0.39 is 0 Å². The minimum Gasteiger partial charge on any atom is -0.379 e. The maximum atomic E-state index is 5.50. The lowest BCUT2D eigenvalue weighted by Crippen LogP contribution is -2.45. The SMILES string of the molecule is c1ccc(-c2cc(N3CCCC(CN4CCOCC4)C3)n3ncnc3n2)cc1. The van der Waals surface area contributed by atoms with Crippen LogP contribution in [0.25, 0.3) is 17.0 Å². The molecule has 0 radical (unpaired) electrons. The maximum absolute atomic E-state index is 5.50. The van der Waals surface area contributed by atoms with Crippen LogP contribution in [0.1, 0.15) is 12.8 Å². The number of morpholine rings is 1. The number of anilines is 1. The van der Waals surface area contributed by atoms with E-state index in [1.807, 2.05) is 22.7 Å². The predicted octanol–water partition coefficient (Wildman–Crippen LogP) is 2.34. The summed E-state index contributed by atoms with van der Waals surface area (Å²) in [5, 5.41) is 4.44. The molecule has 3 aromatic rings. The van der Waals surface area contributed by atoms with Crippen molar-refractivity contribution < 1.29 is 4.74 Å². The van der Waals surface area contributed by atoms with Gasteiger partial charge in [0.15, 0.2) is 0 Å². The van der Waals surface area contributed by atoms with Gasteiger partial charge in [-0.1, -0.05) is 30.3 Å². The van der Waals surface area contributed by atoms with Crippen molar-refractivity contribution in [3.63, 3.8) is 0 Å². The number of aromatic nitrogens is 4. The number of benzene rings is 1. The van der Waals surface area contributed by atoms with Crippen LogP contribution >= 0.6 is 0 Å². The Balaban J connectivity index is 1.42. The Labute approximate surface area is 165 Å². The van der Waals surface area contributed by atoms with Crippen LogP contribution in [0.3, 0.4) is 0 Å². The van der Waals surface area contributed by atoms with Crippen LogP contribution in [0.4, 0.5) is 5.82 Å². The van der Waals surface area contributed by atoms with Crippen molar-refractivity contribution in [3.8, 4) is 11.3 Å². The second-order valence-corrected chi connectivity index (χ2v) is 7.70. The Bertz CT molecular complexity index is 921. The Morgan fingerprint density at radius 3 is 2.79 bits per heavy atom. The minimum absolute atomic E-state index is 0.659. The number of hydrogen-bond acceptors (Lipinski definition) is 6. The first-order valence-electron chi connectivity index (χ1n) is 10.2. The third kappa shape index (κ3) is 3.59. The first-order chi connectivity index (χ1) is 13.9. The number of nitrogens with zero attached hydrogens (tertiary/aromatic N) is 6. The van der Waals surface area contributed by atoms with Crippen LogP contribution in [-0.2, 0) is 4.74 Å². The molecule has 28 heavy (non-hydrogen) atoms. The summed E-state index contributed by atoms with van der Waals surface area (Å²) in [6.45, 7) is 7.07. The van der Waals surface area contributed by atoms with Gasteiger partial charge < -0.3 is 9.64 Å². The fraction of sp³-hybridized carbons (Fsp3) is 0.476. The molecule has 4 heterocycles. The van der Waals surface area contributed by atoms with Gasteiger partial charge in [0.2, 0.25) is 0 Å². The van der Waals surface area contributed by atoms with Gasteiger partial charge in [0.25, 0.3) is 5.78 Å². The van der Waals surface area contributed by atoms with Crippen molar-refractivity contribution >= 4 is 11.6 Å². The van der Waals surface area contributed by atoms with E-state index in [1.165, 1.54) is 12.8 Å². The lowest BCUT2D eigenvalue weighted by atomic mass is 9.97. The van der Waals surface area contributed by atoms with E-state index in [9.17, 15) is 0 Å². The van der Waals surface area contributed by atoms with Crippen molar-refractivity contribution in [2.24, 2.45) is 5.92 Å². The molecule has 1 atom stereocenters. The number of hydrogen-bond donors (Lipinski definition) is 0. The topological polar surface area (TPSA) is 58.8 Å². The van der Waals surface area contributed by atoms with Gasteiger partial charge in [-0.3, -0.25) is 4.90 Å². The quantitative estimate of drug-likeness (QED) is 0.695. The largest absolute Gasteiger partial charge is 0.379 e. The van der Waals surface area contributed by atoms with E-state index in [4.69, 9.17) is 9.72 Å². The van der Waals surface area contributed by atoms with Crippen molar-refractivity contribution in [1.82, 2.24) is 24.5 Å². The summed E-state index contributed by atoms with van der Waals surface area (Å²) in [6.07, 6.45) is 4.08. The van der Waals surface area contributed by atoms with E-state index in [2.05, 4.69) is 38.1 Å². The highest BCUT2D eigenvalue weighted by molar-refractivity contribution is 5.65. The van der Waals surface area contributed by atoms with Gasteiger partial charge in [-0.05, 0) is 18.8 Å². The van der Waals surface area contributed by atoms with Gasteiger partial charge in [0, 0.05) is 44.4 Å². The molecule has 2 fully saturated rings. The van der Waals surface area contributed by atoms with E-state index in [-0.39, 0.29) is 0 Å². The molecular formula is C21H26N6O. The second-order valence-electron chi connectivity index (χ2n) is 7.70. The number of rotatable bonds is 4. The van der Waals surface area contributed by atoms with Crippen molar-refractivity contribution in [2.75, 3.05) is 50.8 Å². The van der Waals surface area contributed by atoms with Gasteiger partial charge in [-0.25, -0.2) is 4.98 Å². The summed E-state index contributed by atoms with van der Waals surface area (Å²) in [4.78, 5) is 14.1. The molecule has 1 unspecified atom stereocenters. The summed E-state index contributed by atoms with van der Waals surface area (Å²) < 4.78 is 7.37. The molecule has 2 aliphatic rings. The zero-order valence-corrected chi connectivity index (χ0v) is 16.1. The summed E-state index contributed by atoms with van der Waals surface area (Å²) in [6, 6.07) is 12.5. The highest BCUT2D eigenvalue weighted by Crippen LogP contribution is 2.27. The van der Waals surface area contributed by atoms with E-state index >= 15 is 0 Å². The molecule has 0 spiro atoms. The molecule has 5 rings (SSSR count). The third-order valence-electron chi connectivity index (χ3n) is 5.77. The molecule has 7 heteroatoms. The molecule has 0 bridgehead atoms. The standard InChI is InChI=1S/C21H26N6O/c1-2-6-18(7-3-1)19-13-20(27-21(24-19)22-16-23-27)26-8-4-5-17(15-26)14-25-9-11-28-12-10-25/h1-3,6-7,13,16-17H,4-5,8-12,14-15H2. The fourth-order valence-corrected chi connectivity index (χ4v) is 4.35. The molecule has 7 nitrogen and oxygen atoms in total. The molecule has 0 saturated carbocycles. The zero-order chi connectivity index (χ0) is 18.8. The Morgan fingerprint density at radius 1 is 1.07 bits per heavy atom. The van der Waals surface area contributed by atoms with Crippen molar-refractivity contribution in [1.29, 1.82) is 0 Å². The average molecular weight is 378 g/mol. The van der Waals surface area contributed by atoms with Crippen molar-refractivity contribution in [2.45, 2.75) is 12.8 Å².